The summed E-state index contributed by atoms with van der Waals surface area (Å²) in [4.78, 5) is 23.6. The van der Waals surface area contributed by atoms with Gasteiger partial charge in [-0.25, -0.2) is 0 Å². The van der Waals surface area contributed by atoms with Crippen LogP contribution in [0.3, 0.4) is 0 Å². The number of hydrogen-bond donors (Lipinski definition) is 2. The number of rotatable bonds is 7. The highest BCUT2D eigenvalue weighted by molar-refractivity contribution is 6.30. The molecule has 3 N–H and O–H groups in total. The Hall–Kier alpha value is -2.33. The minimum absolute atomic E-state index is 0.145. The summed E-state index contributed by atoms with van der Waals surface area (Å²) in [5, 5.41) is 3.71. The highest BCUT2D eigenvalue weighted by Gasteiger charge is 2.29. The van der Waals surface area contributed by atoms with Crippen LogP contribution in [0.25, 0.3) is 0 Å². The fourth-order valence-electron chi connectivity index (χ4n) is 2.95. The molecular weight excluding hydrogens is 336 g/mol. The molecule has 0 saturated heterocycles. The summed E-state index contributed by atoms with van der Waals surface area (Å²) in [6.07, 6.45) is 1.79. The molecule has 2 aromatic carbocycles. The van der Waals surface area contributed by atoms with Gasteiger partial charge in [-0.15, -0.1) is 0 Å². The summed E-state index contributed by atoms with van der Waals surface area (Å²) in [6, 6.07) is 14.1. The summed E-state index contributed by atoms with van der Waals surface area (Å²) in [6.45, 7) is 4.76. The minimum atomic E-state index is -0.509. The van der Waals surface area contributed by atoms with E-state index in [1.165, 1.54) is 0 Å². The van der Waals surface area contributed by atoms with Crippen molar-refractivity contribution in [3.05, 3.63) is 70.2 Å². The van der Waals surface area contributed by atoms with E-state index in [2.05, 4.69) is 19.2 Å². The average Bonchev–Trinajstić information content (AvgIpc) is 2.64. The first-order valence-electron chi connectivity index (χ1n) is 8.36. The van der Waals surface area contributed by atoms with Crippen molar-refractivity contribution in [1.29, 1.82) is 0 Å². The lowest BCUT2D eigenvalue weighted by molar-refractivity contribution is 0.0939. The Balaban J connectivity index is 2.13. The number of benzene rings is 2. The van der Waals surface area contributed by atoms with Crippen LogP contribution in [0.15, 0.2) is 48.5 Å². The first-order chi connectivity index (χ1) is 11.9. The molecule has 0 heterocycles. The van der Waals surface area contributed by atoms with Crippen LogP contribution >= 0.6 is 11.6 Å². The van der Waals surface area contributed by atoms with Crippen molar-refractivity contribution in [3.63, 3.8) is 0 Å². The molecule has 0 aromatic heterocycles. The Morgan fingerprint density at radius 1 is 0.960 bits per heavy atom. The standard InChI is InChI=1S/C20H23ClN2O2/c1-3-20(4-2,16-9-11-17(21)12-10-16)13-23-19(25)15-7-5-14(6-8-15)18(22)24/h5-12H,3-4,13H2,1-2H3,(H2,22,24)(H,23,25). The number of nitrogens with two attached hydrogens (primary N) is 1. The molecule has 2 rings (SSSR count). The molecule has 5 heteroatoms. The molecule has 0 atom stereocenters. The molecule has 0 bridgehead atoms. The molecule has 0 aliphatic heterocycles. The quantitative estimate of drug-likeness (QED) is 0.787. The van der Waals surface area contributed by atoms with Crippen LogP contribution in [-0.4, -0.2) is 18.4 Å². The van der Waals surface area contributed by atoms with Crippen LogP contribution in [-0.2, 0) is 5.41 Å². The third-order valence-corrected chi connectivity index (χ3v) is 5.08. The van der Waals surface area contributed by atoms with Crippen molar-refractivity contribution in [2.45, 2.75) is 32.1 Å². The fraction of sp³-hybridized carbons (Fsp3) is 0.300. The Labute approximate surface area is 153 Å². The summed E-state index contributed by atoms with van der Waals surface area (Å²) in [7, 11) is 0. The van der Waals surface area contributed by atoms with Crippen molar-refractivity contribution < 1.29 is 9.59 Å². The van der Waals surface area contributed by atoms with Gasteiger partial charge in [-0.1, -0.05) is 37.6 Å². The van der Waals surface area contributed by atoms with Crippen molar-refractivity contribution >= 4 is 23.4 Å². The molecule has 0 saturated carbocycles. The third-order valence-electron chi connectivity index (χ3n) is 4.83. The minimum Gasteiger partial charge on any atom is -0.366 e. The van der Waals surface area contributed by atoms with Crippen LogP contribution in [0.2, 0.25) is 5.02 Å². The predicted molar refractivity (Wildman–Crippen MR) is 101 cm³/mol. The maximum Gasteiger partial charge on any atom is 0.251 e. The summed E-state index contributed by atoms with van der Waals surface area (Å²) in [5.41, 5.74) is 7.12. The molecule has 25 heavy (non-hydrogen) atoms. The monoisotopic (exact) mass is 358 g/mol. The zero-order valence-electron chi connectivity index (χ0n) is 14.5. The van der Waals surface area contributed by atoms with E-state index in [9.17, 15) is 9.59 Å². The van der Waals surface area contributed by atoms with E-state index in [0.29, 0.717) is 22.7 Å². The van der Waals surface area contributed by atoms with Crippen LogP contribution in [0.1, 0.15) is 53.0 Å². The molecule has 0 fully saturated rings. The highest BCUT2D eigenvalue weighted by Crippen LogP contribution is 2.32. The van der Waals surface area contributed by atoms with Gasteiger partial charge < -0.3 is 11.1 Å². The molecule has 132 valence electrons. The lowest BCUT2D eigenvalue weighted by atomic mass is 9.75. The van der Waals surface area contributed by atoms with E-state index < -0.39 is 5.91 Å². The zero-order valence-corrected chi connectivity index (χ0v) is 15.3. The van der Waals surface area contributed by atoms with Gasteiger partial charge in [0.05, 0.1) is 0 Å². The summed E-state index contributed by atoms with van der Waals surface area (Å²) >= 11 is 5.99. The lowest BCUT2D eigenvalue weighted by Crippen LogP contribution is -2.40. The van der Waals surface area contributed by atoms with Gasteiger partial charge >= 0.3 is 0 Å². The first-order valence-corrected chi connectivity index (χ1v) is 8.74. The van der Waals surface area contributed by atoms with Gasteiger partial charge in [0.15, 0.2) is 0 Å². The zero-order chi connectivity index (χ0) is 18.4. The maximum atomic E-state index is 12.4. The number of hydrogen-bond acceptors (Lipinski definition) is 2. The fourth-order valence-corrected chi connectivity index (χ4v) is 3.08. The Morgan fingerprint density at radius 2 is 1.48 bits per heavy atom. The first kappa shape index (κ1) is 19.0. The molecule has 0 aliphatic carbocycles. The second-order valence-electron chi connectivity index (χ2n) is 6.12. The van der Waals surface area contributed by atoms with Gasteiger partial charge in [0.2, 0.25) is 5.91 Å². The number of amides is 2. The number of carbonyl (C=O) groups excluding carboxylic acids is 2. The van der Waals surface area contributed by atoms with Crippen molar-refractivity contribution in [2.75, 3.05) is 6.54 Å². The van der Waals surface area contributed by atoms with E-state index in [1.807, 2.05) is 24.3 Å². The molecule has 2 amide bonds. The van der Waals surface area contributed by atoms with Gasteiger partial charge in [-0.2, -0.15) is 0 Å². The number of nitrogens with one attached hydrogen (secondary N) is 1. The molecule has 4 nitrogen and oxygen atoms in total. The van der Waals surface area contributed by atoms with Crippen LogP contribution < -0.4 is 11.1 Å². The summed E-state index contributed by atoms with van der Waals surface area (Å²) < 4.78 is 0. The predicted octanol–water partition coefficient (Wildman–Crippen LogP) is 3.93. The van der Waals surface area contributed by atoms with Gasteiger partial charge in [0.25, 0.3) is 5.91 Å². The van der Waals surface area contributed by atoms with E-state index in [-0.39, 0.29) is 11.3 Å². The van der Waals surface area contributed by atoms with Gasteiger partial charge in [0.1, 0.15) is 0 Å². The Morgan fingerprint density at radius 3 is 1.96 bits per heavy atom. The molecule has 0 spiro atoms. The maximum absolute atomic E-state index is 12.4. The lowest BCUT2D eigenvalue weighted by Gasteiger charge is -2.32. The van der Waals surface area contributed by atoms with Crippen molar-refractivity contribution in [1.82, 2.24) is 5.32 Å². The smallest absolute Gasteiger partial charge is 0.251 e. The van der Waals surface area contributed by atoms with E-state index >= 15 is 0 Å². The number of primary amides is 1. The molecule has 2 aromatic rings. The second-order valence-corrected chi connectivity index (χ2v) is 6.56. The normalized spacial score (nSPS) is 11.2. The SMILES string of the molecule is CCC(CC)(CNC(=O)c1ccc(C(N)=O)cc1)c1ccc(Cl)cc1. The Kier molecular flexibility index (Phi) is 6.21. The van der Waals surface area contributed by atoms with Crippen LogP contribution in [0.4, 0.5) is 0 Å². The van der Waals surface area contributed by atoms with E-state index in [1.54, 1.807) is 24.3 Å². The van der Waals surface area contributed by atoms with Gasteiger partial charge in [-0.3, -0.25) is 9.59 Å². The average molecular weight is 359 g/mol. The van der Waals surface area contributed by atoms with Gasteiger partial charge in [0, 0.05) is 28.1 Å². The van der Waals surface area contributed by atoms with Crippen molar-refractivity contribution in [3.8, 4) is 0 Å². The molecule has 0 radical (unpaired) electrons. The Bertz CT molecular complexity index is 735. The second kappa shape index (κ2) is 8.17. The molecule has 0 aliphatic rings. The topological polar surface area (TPSA) is 72.2 Å². The molecule has 0 unspecified atom stereocenters. The van der Waals surface area contributed by atoms with E-state index in [4.69, 9.17) is 17.3 Å². The van der Waals surface area contributed by atoms with Crippen LogP contribution in [0, 0.1) is 0 Å². The van der Waals surface area contributed by atoms with Gasteiger partial charge in [-0.05, 0) is 54.8 Å². The molecular formula is C20H23ClN2O2. The van der Waals surface area contributed by atoms with Crippen molar-refractivity contribution in [2.24, 2.45) is 5.73 Å². The number of carbonyl (C=O) groups is 2. The highest BCUT2D eigenvalue weighted by atomic mass is 35.5. The number of halogens is 1. The summed E-state index contributed by atoms with van der Waals surface area (Å²) in [5.74, 6) is -0.679. The third kappa shape index (κ3) is 4.40. The van der Waals surface area contributed by atoms with E-state index in [0.717, 1.165) is 18.4 Å². The van der Waals surface area contributed by atoms with Crippen LogP contribution in [0.5, 0.6) is 0 Å². The largest absolute Gasteiger partial charge is 0.366 e.